The van der Waals surface area contributed by atoms with Gasteiger partial charge in [-0.15, -0.1) is 0 Å². The molecule has 1 aromatic carbocycles. The number of amidine groups is 1. The molecule has 146 valence electrons. The first-order valence-electron chi connectivity index (χ1n) is 9.44. The molecule has 2 aromatic rings. The number of hydrogen-bond donors (Lipinski definition) is 0. The van der Waals surface area contributed by atoms with E-state index in [2.05, 4.69) is 4.90 Å². The van der Waals surface area contributed by atoms with Gasteiger partial charge in [0.1, 0.15) is 5.76 Å². The summed E-state index contributed by atoms with van der Waals surface area (Å²) >= 11 is 1.39. The Morgan fingerprint density at radius 2 is 1.96 bits per heavy atom. The van der Waals surface area contributed by atoms with Gasteiger partial charge in [-0.1, -0.05) is 18.2 Å². The second kappa shape index (κ2) is 8.24. The molecule has 2 fully saturated rings. The van der Waals surface area contributed by atoms with Crippen LogP contribution in [0.3, 0.4) is 0 Å². The van der Waals surface area contributed by atoms with Gasteiger partial charge in [0.2, 0.25) is 0 Å². The summed E-state index contributed by atoms with van der Waals surface area (Å²) in [6.07, 6.45) is 1.81. The topological polar surface area (TPSA) is 58.3 Å². The normalized spacial score (nSPS) is 20.6. The van der Waals surface area contributed by atoms with Crippen molar-refractivity contribution >= 4 is 40.5 Å². The van der Waals surface area contributed by atoms with Crippen LogP contribution in [-0.4, -0.2) is 48.8 Å². The molecule has 0 spiro atoms. The average Bonchev–Trinajstić information content (AvgIpc) is 3.29. The number of para-hydroxylation sites is 1. The van der Waals surface area contributed by atoms with Crippen molar-refractivity contribution < 1.29 is 13.9 Å². The lowest BCUT2D eigenvalue weighted by Crippen LogP contribution is -2.35. The van der Waals surface area contributed by atoms with Crippen LogP contribution in [0.25, 0.3) is 6.08 Å². The second-order valence-corrected chi connectivity index (χ2v) is 7.63. The lowest BCUT2D eigenvalue weighted by molar-refractivity contribution is -0.122. The Morgan fingerprint density at radius 3 is 2.71 bits per heavy atom. The summed E-state index contributed by atoms with van der Waals surface area (Å²) in [5.41, 5.74) is 1.96. The fourth-order valence-electron chi connectivity index (χ4n) is 3.16. The van der Waals surface area contributed by atoms with E-state index in [9.17, 15) is 4.79 Å². The van der Waals surface area contributed by atoms with Gasteiger partial charge in [-0.05, 0) is 43.3 Å². The number of aryl methyl sites for hydroxylation is 1. The van der Waals surface area contributed by atoms with E-state index < -0.39 is 0 Å². The number of rotatable bonds is 4. The van der Waals surface area contributed by atoms with E-state index in [0.717, 1.165) is 30.2 Å². The van der Waals surface area contributed by atoms with Crippen LogP contribution in [0.1, 0.15) is 18.2 Å². The second-order valence-electron chi connectivity index (χ2n) is 6.62. The molecule has 0 aliphatic carbocycles. The van der Waals surface area contributed by atoms with Gasteiger partial charge in [0.15, 0.2) is 11.1 Å². The van der Waals surface area contributed by atoms with Crippen molar-refractivity contribution in [3.8, 4) is 0 Å². The first-order chi connectivity index (χ1) is 13.7. The van der Waals surface area contributed by atoms with Crippen molar-refractivity contribution in [1.29, 1.82) is 0 Å². The smallest absolute Gasteiger partial charge is 0.266 e. The number of anilines is 1. The van der Waals surface area contributed by atoms with Crippen LogP contribution < -0.4 is 4.90 Å². The third-order valence-corrected chi connectivity index (χ3v) is 5.75. The van der Waals surface area contributed by atoms with Crippen molar-refractivity contribution in [1.82, 2.24) is 4.90 Å². The molecule has 4 rings (SSSR count). The number of morpholine rings is 1. The van der Waals surface area contributed by atoms with Crippen LogP contribution in [0, 0.1) is 6.92 Å². The van der Waals surface area contributed by atoms with E-state index in [0.29, 0.717) is 35.6 Å². The molecule has 2 saturated heterocycles. The van der Waals surface area contributed by atoms with Crippen LogP contribution >= 0.6 is 11.8 Å². The summed E-state index contributed by atoms with van der Waals surface area (Å²) in [5, 5.41) is 0.702. The highest BCUT2D eigenvalue weighted by Crippen LogP contribution is 2.35. The Bertz CT molecular complexity index is 928. The number of carbonyl (C=O) groups is 1. The fourth-order valence-corrected chi connectivity index (χ4v) is 4.20. The van der Waals surface area contributed by atoms with Gasteiger partial charge >= 0.3 is 0 Å². The van der Waals surface area contributed by atoms with Crippen molar-refractivity contribution in [2.24, 2.45) is 4.99 Å². The summed E-state index contributed by atoms with van der Waals surface area (Å²) in [7, 11) is 0. The molecule has 1 amide bonds. The van der Waals surface area contributed by atoms with Crippen LogP contribution in [0.15, 0.2) is 50.7 Å². The summed E-state index contributed by atoms with van der Waals surface area (Å²) in [6.45, 7) is 7.58. The zero-order valence-corrected chi connectivity index (χ0v) is 16.9. The summed E-state index contributed by atoms with van der Waals surface area (Å²) < 4.78 is 11.3. The van der Waals surface area contributed by atoms with E-state index in [1.54, 1.807) is 11.0 Å². The maximum Gasteiger partial charge on any atom is 0.266 e. The van der Waals surface area contributed by atoms with Crippen LogP contribution in [0.5, 0.6) is 0 Å². The molecule has 0 atom stereocenters. The zero-order valence-electron chi connectivity index (χ0n) is 16.1. The highest BCUT2D eigenvalue weighted by atomic mass is 32.2. The molecule has 6 nitrogen and oxygen atoms in total. The Labute approximate surface area is 168 Å². The van der Waals surface area contributed by atoms with Crippen LogP contribution in [0.2, 0.25) is 0 Å². The van der Waals surface area contributed by atoms with Gasteiger partial charge in [-0.25, -0.2) is 4.99 Å². The number of hydrogen-bond acceptors (Lipinski definition) is 6. The average molecular weight is 398 g/mol. The summed E-state index contributed by atoms with van der Waals surface area (Å²) in [5.74, 6) is 1.45. The Balaban J connectivity index is 1.57. The molecular weight excluding hydrogens is 374 g/mol. The SMILES string of the molecule is CCN1C(=O)/C(=C\c2ccc(N3CCOCC3)o2)SC1=Nc1ccccc1C. The predicted molar refractivity (Wildman–Crippen MR) is 113 cm³/mol. The number of benzene rings is 1. The number of carbonyl (C=O) groups excluding carboxylic acids is 1. The number of furan rings is 1. The van der Waals surface area contributed by atoms with Gasteiger partial charge < -0.3 is 14.1 Å². The Hall–Kier alpha value is -2.51. The van der Waals surface area contributed by atoms with Crippen LogP contribution in [0.4, 0.5) is 11.6 Å². The fraction of sp³-hybridized carbons (Fsp3) is 0.333. The monoisotopic (exact) mass is 397 g/mol. The molecule has 3 heterocycles. The van der Waals surface area contributed by atoms with Crippen molar-refractivity contribution in [2.45, 2.75) is 13.8 Å². The number of thioether (sulfide) groups is 1. The lowest BCUT2D eigenvalue weighted by Gasteiger charge is -2.26. The predicted octanol–water partition coefficient (Wildman–Crippen LogP) is 4.05. The molecule has 0 N–H and O–H groups in total. The molecule has 7 heteroatoms. The molecule has 0 unspecified atom stereocenters. The van der Waals surface area contributed by atoms with E-state index in [-0.39, 0.29) is 5.91 Å². The number of likely N-dealkylation sites (N-methyl/N-ethyl adjacent to an activating group) is 1. The van der Waals surface area contributed by atoms with E-state index in [1.807, 2.05) is 50.2 Å². The quantitative estimate of drug-likeness (QED) is 0.729. The molecule has 1 aromatic heterocycles. The Morgan fingerprint density at radius 1 is 1.18 bits per heavy atom. The molecular formula is C21H23N3O3S. The van der Waals surface area contributed by atoms with Gasteiger partial charge in [-0.3, -0.25) is 9.69 Å². The van der Waals surface area contributed by atoms with Gasteiger partial charge in [-0.2, -0.15) is 0 Å². The van der Waals surface area contributed by atoms with Crippen LogP contribution in [-0.2, 0) is 9.53 Å². The highest BCUT2D eigenvalue weighted by molar-refractivity contribution is 8.18. The largest absolute Gasteiger partial charge is 0.441 e. The number of aliphatic imine (C=N–C) groups is 1. The number of nitrogens with zero attached hydrogens (tertiary/aromatic N) is 3. The third-order valence-electron chi connectivity index (χ3n) is 4.74. The van der Waals surface area contributed by atoms with Gasteiger partial charge in [0.05, 0.1) is 23.8 Å². The third kappa shape index (κ3) is 3.86. The standard InChI is InChI=1S/C21H23N3O3S/c1-3-24-20(25)18(28-21(24)22-17-7-5-4-6-15(17)2)14-16-8-9-19(27-16)23-10-12-26-13-11-23/h4-9,14H,3,10-13H2,1-2H3/b18-14+,22-21?. The van der Waals surface area contributed by atoms with Gasteiger partial charge in [0.25, 0.3) is 5.91 Å². The van der Waals surface area contributed by atoms with Crippen molar-refractivity contribution in [2.75, 3.05) is 37.7 Å². The molecule has 2 aliphatic heterocycles. The zero-order chi connectivity index (χ0) is 19.5. The van der Waals surface area contributed by atoms with E-state index in [1.165, 1.54) is 11.8 Å². The van der Waals surface area contributed by atoms with Gasteiger partial charge in [0, 0.05) is 31.8 Å². The first kappa shape index (κ1) is 18.8. The molecule has 0 radical (unpaired) electrons. The number of ether oxygens (including phenoxy) is 1. The van der Waals surface area contributed by atoms with Crippen molar-refractivity contribution in [3.05, 3.63) is 52.6 Å². The molecule has 28 heavy (non-hydrogen) atoms. The van der Waals surface area contributed by atoms with Crippen molar-refractivity contribution in [3.63, 3.8) is 0 Å². The lowest BCUT2D eigenvalue weighted by atomic mass is 10.2. The Kier molecular flexibility index (Phi) is 5.54. The van der Waals surface area contributed by atoms with E-state index >= 15 is 0 Å². The number of amides is 1. The highest BCUT2D eigenvalue weighted by Gasteiger charge is 2.32. The minimum absolute atomic E-state index is 0.0378. The molecule has 2 aliphatic rings. The molecule has 0 saturated carbocycles. The molecule has 0 bridgehead atoms. The summed E-state index contributed by atoms with van der Waals surface area (Å²) in [6, 6.07) is 11.8. The maximum absolute atomic E-state index is 12.8. The summed E-state index contributed by atoms with van der Waals surface area (Å²) in [4.78, 5) is 22.0. The van der Waals surface area contributed by atoms with E-state index in [4.69, 9.17) is 14.1 Å². The maximum atomic E-state index is 12.8. The minimum atomic E-state index is -0.0378. The minimum Gasteiger partial charge on any atom is -0.441 e. The first-order valence-corrected chi connectivity index (χ1v) is 10.3.